The minimum atomic E-state index is -1.43. The maximum Gasteiger partial charge on any atom is 0.302 e. The molecule has 0 aromatic rings. The quantitative estimate of drug-likeness (QED) is 0.303. The van der Waals surface area contributed by atoms with Crippen LogP contribution < -0.4 is 0 Å². The number of ether oxygens (including phenoxy) is 1. The van der Waals surface area contributed by atoms with Gasteiger partial charge in [0.25, 0.3) is 0 Å². The molecule has 0 aliphatic heterocycles. The molecule has 0 aliphatic carbocycles. The number of hydrogen-bond donors (Lipinski definition) is 0. The summed E-state index contributed by atoms with van der Waals surface area (Å²) in [5.74, 6) is -0.226. The second kappa shape index (κ2) is 6.95. The summed E-state index contributed by atoms with van der Waals surface area (Å²) < 4.78 is 4.71. The first-order valence-electron chi connectivity index (χ1n) is 3.54. The van der Waals surface area contributed by atoms with Gasteiger partial charge in [-0.25, -0.2) is 0 Å². The van der Waals surface area contributed by atoms with Crippen LogP contribution >= 0.6 is 22.2 Å². The minimum Gasteiger partial charge on any atom is -0.466 e. The molecule has 0 heterocycles. The van der Waals surface area contributed by atoms with Crippen molar-refractivity contribution < 1.29 is 9.53 Å². The normalized spacial score (nSPS) is 10.2. The predicted octanol–water partition coefficient (Wildman–Crippen LogP) is 2.03. The molecular weight excluding hydrogens is 203 g/mol. The Morgan fingerprint density at radius 2 is 2.09 bits per heavy atom. The van der Waals surface area contributed by atoms with Crippen molar-refractivity contribution in [2.75, 3.05) is 6.61 Å². The summed E-state index contributed by atoms with van der Waals surface area (Å²) in [5, 5.41) is 0. The molecule has 0 rings (SSSR count). The van der Waals surface area contributed by atoms with E-state index >= 15 is 0 Å². The standard InChI is InChI=1S/C6H12Cl2O2Si/c1-6(9)10-4-2-3-5-11(7)8/h11H,2-5H2,1H3. The van der Waals surface area contributed by atoms with Crippen molar-refractivity contribution in [2.45, 2.75) is 25.8 Å². The Morgan fingerprint density at radius 1 is 1.45 bits per heavy atom. The summed E-state index contributed by atoms with van der Waals surface area (Å²) in [6.07, 6.45) is 1.82. The fraction of sp³-hybridized carbons (Fsp3) is 0.833. The summed E-state index contributed by atoms with van der Waals surface area (Å²) in [7, 11) is -1.43. The van der Waals surface area contributed by atoms with E-state index in [4.69, 9.17) is 26.9 Å². The zero-order chi connectivity index (χ0) is 8.69. The van der Waals surface area contributed by atoms with Crippen molar-refractivity contribution in [3.05, 3.63) is 0 Å². The number of carbonyl (C=O) groups is 1. The Bertz CT molecular complexity index is 119. The van der Waals surface area contributed by atoms with Gasteiger partial charge >= 0.3 is 5.97 Å². The van der Waals surface area contributed by atoms with Crippen LogP contribution in [0.4, 0.5) is 0 Å². The Kier molecular flexibility index (Phi) is 7.11. The molecule has 0 bridgehead atoms. The van der Waals surface area contributed by atoms with E-state index in [-0.39, 0.29) is 5.97 Å². The molecule has 0 N–H and O–H groups in total. The van der Waals surface area contributed by atoms with Crippen LogP contribution in [0.15, 0.2) is 0 Å². The van der Waals surface area contributed by atoms with E-state index in [1.165, 1.54) is 6.92 Å². The molecule has 0 atom stereocenters. The van der Waals surface area contributed by atoms with Gasteiger partial charge < -0.3 is 4.74 Å². The zero-order valence-corrected chi connectivity index (χ0v) is 9.14. The number of rotatable bonds is 5. The van der Waals surface area contributed by atoms with Gasteiger partial charge in [-0.3, -0.25) is 4.79 Å². The number of unbranched alkanes of at least 4 members (excludes halogenated alkanes) is 1. The Hall–Kier alpha value is 0.267. The molecule has 0 spiro atoms. The molecule has 0 amide bonds. The summed E-state index contributed by atoms with van der Waals surface area (Å²) in [4.78, 5) is 10.3. The number of esters is 1. The lowest BCUT2D eigenvalue weighted by atomic mass is 10.4. The lowest BCUT2D eigenvalue weighted by Crippen LogP contribution is -2.01. The van der Waals surface area contributed by atoms with Crippen molar-refractivity contribution in [3.63, 3.8) is 0 Å². The van der Waals surface area contributed by atoms with Gasteiger partial charge in [-0.1, -0.05) is 6.42 Å². The summed E-state index contributed by atoms with van der Waals surface area (Å²) in [6.45, 7) is 1.89. The third-order valence-corrected chi connectivity index (χ3v) is 3.28. The van der Waals surface area contributed by atoms with Crippen molar-refractivity contribution in [3.8, 4) is 0 Å². The van der Waals surface area contributed by atoms with Crippen LogP contribution in [0.5, 0.6) is 0 Å². The van der Waals surface area contributed by atoms with Crippen molar-refractivity contribution in [1.82, 2.24) is 0 Å². The molecule has 0 aromatic carbocycles. The van der Waals surface area contributed by atoms with E-state index in [1.807, 2.05) is 0 Å². The smallest absolute Gasteiger partial charge is 0.302 e. The SMILES string of the molecule is CC(=O)OCCCC[SiH](Cl)Cl. The minimum absolute atomic E-state index is 0.226. The molecule has 5 heteroatoms. The van der Waals surface area contributed by atoms with E-state index < -0.39 is 7.42 Å². The molecule has 0 aliphatic rings. The molecule has 0 fully saturated rings. The molecule has 0 saturated heterocycles. The van der Waals surface area contributed by atoms with E-state index in [9.17, 15) is 4.79 Å². The van der Waals surface area contributed by atoms with Crippen LogP contribution in [-0.2, 0) is 9.53 Å². The molecule has 0 saturated carbocycles. The summed E-state index contributed by atoms with van der Waals surface area (Å²) >= 11 is 11.2. The third-order valence-electron chi connectivity index (χ3n) is 1.12. The molecule has 0 unspecified atom stereocenters. The highest BCUT2D eigenvalue weighted by molar-refractivity contribution is 7.33. The summed E-state index contributed by atoms with van der Waals surface area (Å²) in [6, 6.07) is 0.893. The number of carbonyl (C=O) groups excluding carboxylic acids is 1. The van der Waals surface area contributed by atoms with Crippen molar-refractivity contribution in [1.29, 1.82) is 0 Å². The predicted molar refractivity (Wildman–Crippen MR) is 49.5 cm³/mol. The average molecular weight is 215 g/mol. The largest absolute Gasteiger partial charge is 0.466 e. The second-order valence-electron chi connectivity index (χ2n) is 2.23. The van der Waals surface area contributed by atoms with Gasteiger partial charge in [0, 0.05) is 6.92 Å². The van der Waals surface area contributed by atoms with Gasteiger partial charge in [0.15, 0.2) is 0 Å². The number of hydrogen-bond acceptors (Lipinski definition) is 2. The Labute approximate surface area is 77.8 Å². The van der Waals surface area contributed by atoms with E-state index in [0.29, 0.717) is 6.61 Å². The van der Waals surface area contributed by atoms with Crippen LogP contribution in [0.2, 0.25) is 6.04 Å². The maximum absolute atomic E-state index is 10.3. The highest BCUT2D eigenvalue weighted by Gasteiger charge is 2.00. The van der Waals surface area contributed by atoms with Gasteiger partial charge in [0.05, 0.1) is 6.61 Å². The fourth-order valence-electron chi connectivity index (χ4n) is 0.617. The lowest BCUT2D eigenvalue weighted by Gasteiger charge is -2.00. The van der Waals surface area contributed by atoms with E-state index in [1.54, 1.807) is 0 Å². The lowest BCUT2D eigenvalue weighted by molar-refractivity contribution is -0.141. The molecule has 11 heavy (non-hydrogen) atoms. The van der Waals surface area contributed by atoms with Crippen molar-refractivity contribution >= 4 is 35.5 Å². The first-order valence-corrected chi connectivity index (χ1v) is 7.85. The van der Waals surface area contributed by atoms with Crippen molar-refractivity contribution in [2.24, 2.45) is 0 Å². The van der Waals surface area contributed by atoms with E-state index in [2.05, 4.69) is 0 Å². The van der Waals surface area contributed by atoms with Gasteiger partial charge in [-0.15, -0.1) is 0 Å². The third kappa shape index (κ3) is 10.3. The Morgan fingerprint density at radius 3 is 2.55 bits per heavy atom. The van der Waals surface area contributed by atoms with Gasteiger partial charge in [-0.05, 0) is 12.5 Å². The van der Waals surface area contributed by atoms with Crippen LogP contribution in [0.1, 0.15) is 19.8 Å². The monoisotopic (exact) mass is 214 g/mol. The van der Waals surface area contributed by atoms with Crippen LogP contribution in [0, 0.1) is 0 Å². The molecule has 0 radical (unpaired) electrons. The molecular formula is C6H12Cl2O2Si. The highest BCUT2D eigenvalue weighted by atomic mass is 35.7. The topological polar surface area (TPSA) is 26.3 Å². The highest BCUT2D eigenvalue weighted by Crippen LogP contribution is 2.08. The first kappa shape index (κ1) is 11.3. The molecule has 2 nitrogen and oxygen atoms in total. The molecule has 66 valence electrons. The second-order valence-corrected chi connectivity index (χ2v) is 7.42. The van der Waals surface area contributed by atoms with Gasteiger partial charge in [-0.2, -0.15) is 22.2 Å². The van der Waals surface area contributed by atoms with E-state index in [0.717, 1.165) is 18.9 Å². The zero-order valence-electron chi connectivity index (χ0n) is 6.48. The van der Waals surface area contributed by atoms with Crippen LogP contribution in [0.3, 0.4) is 0 Å². The molecule has 0 aromatic heterocycles. The first-order chi connectivity index (χ1) is 5.13. The van der Waals surface area contributed by atoms with Crippen LogP contribution in [-0.4, -0.2) is 20.0 Å². The average Bonchev–Trinajstić information content (AvgIpc) is 1.85. The van der Waals surface area contributed by atoms with Gasteiger partial charge in [0.1, 0.15) is 0 Å². The Balaban J connectivity index is 2.97. The van der Waals surface area contributed by atoms with Gasteiger partial charge in [0.2, 0.25) is 7.42 Å². The summed E-state index contributed by atoms with van der Waals surface area (Å²) in [5.41, 5.74) is 0. The maximum atomic E-state index is 10.3. The number of halogens is 2. The van der Waals surface area contributed by atoms with Crippen LogP contribution in [0.25, 0.3) is 0 Å². The fourth-order valence-corrected chi connectivity index (χ4v) is 2.14.